The van der Waals surface area contributed by atoms with Crippen molar-refractivity contribution in [1.29, 1.82) is 0 Å². The zero-order chi connectivity index (χ0) is 22.9. The molecule has 0 spiro atoms. The van der Waals surface area contributed by atoms with E-state index in [1.165, 1.54) is 0 Å². The third-order valence-corrected chi connectivity index (χ3v) is 6.50. The number of rotatable bonds is 7. The van der Waals surface area contributed by atoms with Gasteiger partial charge in [-0.05, 0) is 37.1 Å². The molecule has 9 heteroatoms. The second kappa shape index (κ2) is 9.09. The van der Waals surface area contributed by atoms with Crippen molar-refractivity contribution in [3.05, 3.63) is 59.7 Å². The summed E-state index contributed by atoms with van der Waals surface area (Å²) in [5.41, 5.74) is 2.32. The lowest BCUT2D eigenvalue weighted by Crippen LogP contribution is -2.47. The molecule has 1 saturated heterocycles. The molecule has 4 rings (SSSR count). The molecule has 2 aliphatic rings. The van der Waals surface area contributed by atoms with Crippen molar-refractivity contribution >= 4 is 21.6 Å². The first-order valence-electron chi connectivity index (χ1n) is 10.6. The average Bonchev–Trinajstić information content (AvgIpc) is 3.10. The Labute approximate surface area is 188 Å². The largest absolute Gasteiger partial charge is 0.487 e. The molecule has 3 N–H and O–H groups in total. The maximum Gasteiger partial charge on any atom is 0.229 e. The second-order valence-corrected chi connectivity index (χ2v) is 10.2. The number of amides is 1. The van der Waals surface area contributed by atoms with Crippen LogP contribution >= 0.6 is 0 Å². The summed E-state index contributed by atoms with van der Waals surface area (Å²) in [6.45, 7) is 1.70. The van der Waals surface area contributed by atoms with Crippen LogP contribution in [0, 0.1) is 0 Å². The molecule has 5 atom stereocenters. The van der Waals surface area contributed by atoms with E-state index in [0.29, 0.717) is 17.9 Å². The van der Waals surface area contributed by atoms with Crippen LogP contribution in [0.15, 0.2) is 48.5 Å². The van der Waals surface area contributed by atoms with Gasteiger partial charge in [-0.3, -0.25) is 9.52 Å². The number of carbonyl (C=O) groups is 1. The molecular formula is C23H28N2O6S. The number of nitrogens with one attached hydrogen (secondary N) is 2. The zero-order valence-electron chi connectivity index (χ0n) is 18.0. The topological polar surface area (TPSA) is 114 Å². The van der Waals surface area contributed by atoms with E-state index in [1.807, 2.05) is 37.3 Å². The number of hydrogen-bond acceptors (Lipinski definition) is 6. The number of fused-ring (bicyclic) bond motifs is 3. The molecule has 2 aliphatic heterocycles. The first kappa shape index (κ1) is 22.6. The Kier molecular flexibility index (Phi) is 6.41. The van der Waals surface area contributed by atoms with Crippen LogP contribution in [0.2, 0.25) is 0 Å². The maximum atomic E-state index is 12.7. The van der Waals surface area contributed by atoms with Crippen molar-refractivity contribution in [2.45, 2.75) is 50.0 Å². The summed E-state index contributed by atoms with van der Waals surface area (Å²) < 4.78 is 37.7. The minimum atomic E-state index is -3.41. The summed E-state index contributed by atoms with van der Waals surface area (Å²) in [5.74, 6) is 0.401. The molecule has 0 saturated carbocycles. The van der Waals surface area contributed by atoms with Gasteiger partial charge in [-0.15, -0.1) is 0 Å². The van der Waals surface area contributed by atoms with E-state index < -0.39 is 22.2 Å². The van der Waals surface area contributed by atoms with Crippen molar-refractivity contribution < 1.29 is 27.8 Å². The van der Waals surface area contributed by atoms with Gasteiger partial charge < -0.3 is 19.9 Å². The van der Waals surface area contributed by atoms with E-state index in [1.54, 1.807) is 18.2 Å². The lowest BCUT2D eigenvalue weighted by atomic mass is 9.84. The van der Waals surface area contributed by atoms with Gasteiger partial charge >= 0.3 is 0 Å². The van der Waals surface area contributed by atoms with Gasteiger partial charge in [-0.25, -0.2) is 8.42 Å². The molecule has 2 heterocycles. The van der Waals surface area contributed by atoms with Crippen molar-refractivity contribution in [2.24, 2.45) is 0 Å². The summed E-state index contributed by atoms with van der Waals surface area (Å²) >= 11 is 0. The van der Waals surface area contributed by atoms with Gasteiger partial charge in [0.1, 0.15) is 18.0 Å². The molecule has 1 fully saturated rings. The highest BCUT2D eigenvalue weighted by Gasteiger charge is 2.46. The van der Waals surface area contributed by atoms with E-state index >= 15 is 0 Å². The zero-order valence-corrected chi connectivity index (χ0v) is 18.8. The number of aliphatic hydroxyl groups excluding tert-OH is 1. The normalized spacial score (nSPS) is 25.2. The van der Waals surface area contributed by atoms with E-state index in [0.717, 1.165) is 17.4 Å². The Morgan fingerprint density at radius 1 is 1.22 bits per heavy atom. The highest BCUT2D eigenvalue weighted by atomic mass is 32.2. The van der Waals surface area contributed by atoms with Gasteiger partial charge in [0.25, 0.3) is 0 Å². The predicted molar refractivity (Wildman–Crippen MR) is 120 cm³/mol. The van der Waals surface area contributed by atoms with E-state index in [9.17, 15) is 18.3 Å². The third kappa shape index (κ3) is 5.06. The highest BCUT2D eigenvalue weighted by molar-refractivity contribution is 7.92. The van der Waals surface area contributed by atoms with Crippen LogP contribution in [0.4, 0.5) is 5.69 Å². The third-order valence-electron chi connectivity index (χ3n) is 5.89. The van der Waals surface area contributed by atoms with E-state index in [2.05, 4.69) is 10.0 Å². The molecule has 0 radical (unpaired) electrons. The molecule has 0 aromatic heterocycles. The van der Waals surface area contributed by atoms with Crippen molar-refractivity contribution in [3.8, 4) is 5.75 Å². The van der Waals surface area contributed by atoms with Crippen LogP contribution < -0.4 is 14.8 Å². The molecule has 0 bridgehead atoms. The van der Waals surface area contributed by atoms with Crippen LogP contribution in [-0.2, 0) is 19.6 Å². The molecule has 0 unspecified atom stereocenters. The average molecular weight is 461 g/mol. The quantitative estimate of drug-likeness (QED) is 0.584. The summed E-state index contributed by atoms with van der Waals surface area (Å²) in [6.07, 6.45) is 0.443. The monoisotopic (exact) mass is 460 g/mol. The Balaban J connectivity index is 1.47. The molecule has 32 heavy (non-hydrogen) atoms. The molecular weight excluding hydrogens is 432 g/mol. The lowest BCUT2D eigenvalue weighted by molar-refractivity contribution is -0.142. The number of ether oxygens (including phenoxy) is 2. The summed E-state index contributed by atoms with van der Waals surface area (Å²) in [7, 11) is -3.41. The summed E-state index contributed by atoms with van der Waals surface area (Å²) in [5, 5.41) is 12.9. The summed E-state index contributed by atoms with van der Waals surface area (Å²) in [4.78, 5) is 12.7. The molecule has 172 valence electrons. The standard InChI is InChI=1S/C23H28N2O6S/c1-14(15-6-4-3-5-7-15)24-22(27)12-17-11-19-18-10-16(25-32(2,28)29)8-9-20(18)31-23(19)21(13-26)30-17/h3-10,14,17,19,21,23,25-26H,11-13H2,1-2H3,(H,24,27)/t14-,17+,19-,21-,23+/m0/s1. The van der Waals surface area contributed by atoms with E-state index in [-0.39, 0.29) is 37.0 Å². The Hall–Kier alpha value is -2.62. The Bertz CT molecular complexity index is 1080. The van der Waals surface area contributed by atoms with Crippen molar-refractivity contribution in [1.82, 2.24) is 5.32 Å². The van der Waals surface area contributed by atoms with Gasteiger partial charge in [0.2, 0.25) is 15.9 Å². The van der Waals surface area contributed by atoms with Gasteiger partial charge in [0.15, 0.2) is 0 Å². The fraction of sp³-hybridized carbons (Fsp3) is 0.435. The molecule has 2 aromatic carbocycles. The van der Waals surface area contributed by atoms with Gasteiger partial charge in [0.05, 0.1) is 31.4 Å². The minimum absolute atomic E-state index is 0.110. The number of aliphatic hydroxyl groups is 1. The van der Waals surface area contributed by atoms with Crippen molar-refractivity contribution in [3.63, 3.8) is 0 Å². The van der Waals surface area contributed by atoms with Gasteiger partial charge in [0, 0.05) is 17.2 Å². The number of hydrogen-bond donors (Lipinski definition) is 3. The van der Waals surface area contributed by atoms with Crippen LogP contribution in [0.25, 0.3) is 0 Å². The first-order chi connectivity index (χ1) is 15.2. The molecule has 8 nitrogen and oxygen atoms in total. The number of benzene rings is 2. The Morgan fingerprint density at radius 2 is 1.97 bits per heavy atom. The van der Waals surface area contributed by atoms with E-state index in [4.69, 9.17) is 9.47 Å². The number of anilines is 1. The predicted octanol–water partition coefficient (Wildman–Crippen LogP) is 2.32. The smallest absolute Gasteiger partial charge is 0.229 e. The van der Waals surface area contributed by atoms with Gasteiger partial charge in [-0.1, -0.05) is 30.3 Å². The van der Waals surface area contributed by atoms with Crippen LogP contribution in [0.1, 0.15) is 42.9 Å². The lowest BCUT2D eigenvalue weighted by Gasteiger charge is -2.37. The number of sulfonamides is 1. The molecule has 2 aromatic rings. The summed E-state index contributed by atoms with van der Waals surface area (Å²) in [6, 6.07) is 14.7. The molecule has 0 aliphatic carbocycles. The molecule has 1 amide bonds. The fourth-order valence-electron chi connectivity index (χ4n) is 4.50. The highest BCUT2D eigenvalue weighted by Crippen LogP contribution is 2.47. The second-order valence-electron chi connectivity index (χ2n) is 8.43. The van der Waals surface area contributed by atoms with Crippen LogP contribution in [0.3, 0.4) is 0 Å². The van der Waals surface area contributed by atoms with Crippen LogP contribution in [0.5, 0.6) is 5.75 Å². The maximum absolute atomic E-state index is 12.7. The van der Waals surface area contributed by atoms with Crippen molar-refractivity contribution in [2.75, 3.05) is 17.6 Å². The fourth-order valence-corrected chi connectivity index (χ4v) is 5.05. The minimum Gasteiger partial charge on any atom is -0.487 e. The van der Waals surface area contributed by atoms with Gasteiger partial charge in [-0.2, -0.15) is 0 Å². The Morgan fingerprint density at radius 3 is 2.66 bits per heavy atom. The first-order valence-corrected chi connectivity index (χ1v) is 12.5. The SMILES string of the molecule is C[C@H](NC(=O)C[C@H]1C[C@H]2c3cc(NS(C)(=O)=O)ccc3O[C@H]2[C@H](CO)O1)c1ccccc1. The van der Waals surface area contributed by atoms with Crippen LogP contribution in [-0.4, -0.2) is 50.6 Å². The number of carbonyl (C=O) groups excluding carboxylic acids is 1.